The highest BCUT2D eigenvalue weighted by Crippen LogP contribution is 2.23. The summed E-state index contributed by atoms with van der Waals surface area (Å²) in [5, 5.41) is 12.6. The van der Waals surface area contributed by atoms with Crippen LogP contribution in [0.5, 0.6) is 5.75 Å². The maximum absolute atomic E-state index is 13.5. The fourth-order valence-corrected chi connectivity index (χ4v) is 3.63. The molecule has 1 atom stereocenters. The summed E-state index contributed by atoms with van der Waals surface area (Å²) in [4.78, 5) is 55.9. The van der Waals surface area contributed by atoms with Gasteiger partial charge >= 0.3 is 18.0 Å². The molecular weight excluding hydrogens is 543 g/mol. The molecule has 0 saturated carbocycles. The van der Waals surface area contributed by atoms with Crippen molar-refractivity contribution in [3.05, 3.63) is 69.3 Å². The van der Waals surface area contributed by atoms with Crippen LogP contribution in [-0.2, 0) is 28.6 Å². The highest BCUT2D eigenvalue weighted by atomic mass is 19.1. The molecule has 1 unspecified atom stereocenters. The van der Waals surface area contributed by atoms with Gasteiger partial charge in [0.05, 0.1) is 12.1 Å². The van der Waals surface area contributed by atoms with Crippen molar-refractivity contribution in [1.82, 2.24) is 30.4 Å². The van der Waals surface area contributed by atoms with Crippen LogP contribution in [0.25, 0.3) is 0 Å². The van der Waals surface area contributed by atoms with Crippen molar-refractivity contribution in [2.75, 3.05) is 6.61 Å². The number of rotatable bonds is 11. The highest BCUT2D eigenvalue weighted by molar-refractivity contribution is 5.95. The number of nitrogens with one attached hydrogen (secondary N) is 2. The summed E-state index contributed by atoms with van der Waals surface area (Å²) < 4.78 is 35.1. The van der Waals surface area contributed by atoms with Gasteiger partial charge in [-0.15, -0.1) is 10.2 Å². The summed E-state index contributed by atoms with van der Waals surface area (Å²) in [6.07, 6.45) is -2.21. The molecule has 0 saturated heterocycles. The molecule has 1 aromatic carbocycles. The number of carbonyl (C=O) groups is 3. The van der Waals surface area contributed by atoms with Crippen LogP contribution in [0.15, 0.2) is 33.5 Å². The number of aromatic nitrogens is 4. The minimum Gasteiger partial charge on any atom is -0.446 e. The van der Waals surface area contributed by atoms with Crippen LogP contribution >= 0.6 is 0 Å². The van der Waals surface area contributed by atoms with Crippen LogP contribution in [0.2, 0.25) is 0 Å². The lowest BCUT2D eigenvalue weighted by atomic mass is 10.0. The average Bonchev–Trinajstić information content (AvgIpc) is 3.36. The molecule has 3 rings (SSSR count). The molecule has 3 aromatic rings. The van der Waals surface area contributed by atoms with E-state index in [1.165, 1.54) is 38.2 Å². The van der Waals surface area contributed by atoms with Crippen molar-refractivity contribution in [2.45, 2.75) is 59.4 Å². The van der Waals surface area contributed by atoms with Crippen molar-refractivity contribution >= 4 is 18.0 Å². The van der Waals surface area contributed by atoms with Gasteiger partial charge in [0, 0.05) is 26.9 Å². The van der Waals surface area contributed by atoms with E-state index in [1.807, 2.05) is 0 Å². The van der Waals surface area contributed by atoms with E-state index < -0.39 is 52.6 Å². The molecule has 0 spiro atoms. The number of amides is 2. The molecule has 41 heavy (non-hydrogen) atoms. The fraction of sp³-hybridized carbons (Fsp3) is 0.423. The number of carbonyl (C=O) groups excluding carboxylic acids is 3. The summed E-state index contributed by atoms with van der Waals surface area (Å²) >= 11 is 0. The first-order chi connectivity index (χ1) is 19.4. The molecule has 2 heterocycles. The lowest BCUT2D eigenvalue weighted by Gasteiger charge is -2.28. The molecule has 14 nitrogen and oxygen atoms in total. The molecule has 2 amide bonds. The van der Waals surface area contributed by atoms with Gasteiger partial charge in [0.25, 0.3) is 11.5 Å². The van der Waals surface area contributed by atoms with E-state index in [2.05, 4.69) is 25.8 Å². The van der Waals surface area contributed by atoms with Gasteiger partial charge in [-0.2, -0.15) is 0 Å². The third-order valence-electron chi connectivity index (χ3n) is 5.61. The van der Waals surface area contributed by atoms with E-state index in [-0.39, 0.29) is 37.2 Å². The van der Waals surface area contributed by atoms with Crippen molar-refractivity contribution < 1.29 is 37.4 Å². The van der Waals surface area contributed by atoms with Crippen LogP contribution in [0.3, 0.4) is 0 Å². The minimum atomic E-state index is -1.34. The Bertz CT molecular complexity index is 1470. The standard InChI is InChI=1S/C26H31FN6O8/c1-7-17(41-25(37)38-8-2)40-19-18(20(34)28-13-15-9-11-16(27)12-10-15)29-24(33(6)23(19)36)26(4,5)30-21(35)22-32-31-14(3)39-22/h9-12,17H,7-8,13H2,1-6H3,(H,28,34)(H,30,35). The van der Waals surface area contributed by atoms with Crippen LogP contribution in [0, 0.1) is 12.7 Å². The van der Waals surface area contributed by atoms with Crippen LogP contribution in [0.4, 0.5) is 9.18 Å². The third kappa shape index (κ3) is 7.64. The van der Waals surface area contributed by atoms with E-state index in [0.29, 0.717) is 5.56 Å². The van der Waals surface area contributed by atoms with Crippen molar-refractivity contribution in [2.24, 2.45) is 7.05 Å². The van der Waals surface area contributed by atoms with Crippen LogP contribution < -0.4 is 20.9 Å². The summed E-state index contributed by atoms with van der Waals surface area (Å²) in [7, 11) is 1.37. The Labute approximate surface area is 234 Å². The number of nitrogens with zero attached hydrogens (tertiary/aromatic N) is 4. The predicted octanol–water partition coefficient (Wildman–Crippen LogP) is 2.49. The van der Waals surface area contributed by atoms with Crippen LogP contribution in [0.1, 0.15) is 72.6 Å². The van der Waals surface area contributed by atoms with Crippen molar-refractivity contribution in [1.29, 1.82) is 0 Å². The zero-order valence-corrected chi connectivity index (χ0v) is 23.4. The molecule has 15 heteroatoms. The lowest BCUT2D eigenvalue weighted by molar-refractivity contribution is -0.0656. The summed E-state index contributed by atoms with van der Waals surface area (Å²) in [5.74, 6) is -2.65. The van der Waals surface area contributed by atoms with Gasteiger partial charge in [-0.1, -0.05) is 19.1 Å². The minimum absolute atomic E-state index is 0.0225. The monoisotopic (exact) mass is 574 g/mol. The van der Waals surface area contributed by atoms with E-state index >= 15 is 0 Å². The number of aryl methyl sites for hydroxylation is 1. The zero-order chi connectivity index (χ0) is 30.3. The van der Waals surface area contributed by atoms with Gasteiger partial charge in [-0.25, -0.2) is 14.2 Å². The van der Waals surface area contributed by atoms with E-state index in [9.17, 15) is 23.6 Å². The van der Waals surface area contributed by atoms with Gasteiger partial charge < -0.3 is 29.3 Å². The second kappa shape index (κ2) is 13.0. The Morgan fingerprint density at radius 1 is 1.12 bits per heavy atom. The Kier molecular flexibility index (Phi) is 9.76. The lowest BCUT2D eigenvalue weighted by Crippen LogP contribution is -2.46. The number of hydrogen-bond acceptors (Lipinski definition) is 11. The van der Waals surface area contributed by atoms with E-state index in [0.717, 1.165) is 4.57 Å². The molecule has 0 radical (unpaired) electrons. The molecule has 0 fully saturated rings. The van der Waals surface area contributed by atoms with Gasteiger partial charge in [0.15, 0.2) is 5.69 Å². The number of halogens is 1. The maximum atomic E-state index is 13.5. The molecule has 0 aliphatic rings. The second-order valence-corrected chi connectivity index (χ2v) is 9.25. The quantitative estimate of drug-likeness (QED) is 0.254. The number of ether oxygens (including phenoxy) is 3. The van der Waals surface area contributed by atoms with Gasteiger partial charge in [0.1, 0.15) is 11.6 Å². The van der Waals surface area contributed by atoms with Gasteiger partial charge in [-0.05, 0) is 38.5 Å². The van der Waals surface area contributed by atoms with Gasteiger partial charge in [0.2, 0.25) is 17.9 Å². The SMILES string of the molecule is CCOC(=O)OC(CC)Oc1c(C(=O)NCc2ccc(F)cc2)nc(C(C)(C)NC(=O)c2nnc(C)o2)n(C)c1=O. The average molecular weight is 575 g/mol. The smallest absolute Gasteiger partial charge is 0.446 e. The maximum Gasteiger partial charge on any atom is 0.511 e. The molecule has 220 valence electrons. The fourth-order valence-electron chi connectivity index (χ4n) is 3.63. The number of benzene rings is 1. The molecule has 0 bridgehead atoms. The van der Waals surface area contributed by atoms with E-state index in [4.69, 9.17) is 18.6 Å². The molecule has 0 aliphatic carbocycles. The highest BCUT2D eigenvalue weighted by Gasteiger charge is 2.34. The summed E-state index contributed by atoms with van der Waals surface area (Å²) in [5.41, 5.74) is -2.01. The largest absolute Gasteiger partial charge is 0.511 e. The van der Waals surface area contributed by atoms with Crippen LogP contribution in [-0.4, -0.2) is 50.6 Å². The summed E-state index contributed by atoms with van der Waals surface area (Å²) in [6.45, 7) is 7.86. The topological polar surface area (TPSA) is 177 Å². The normalized spacial score (nSPS) is 11.9. The molecular formula is C26H31FN6O8. The zero-order valence-electron chi connectivity index (χ0n) is 23.4. The number of hydrogen-bond donors (Lipinski definition) is 2. The summed E-state index contributed by atoms with van der Waals surface area (Å²) in [6, 6.07) is 5.43. The Hall–Kier alpha value is -4.82. The van der Waals surface area contributed by atoms with Gasteiger partial charge in [-0.3, -0.25) is 19.0 Å². The van der Waals surface area contributed by atoms with E-state index in [1.54, 1.807) is 27.7 Å². The molecule has 2 aromatic heterocycles. The van der Waals surface area contributed by atoms with Crippen molar-refractivity contribution in [3.8, 4) is 5.75 Å². The third-order valence-corrected chi connectivity index (χ3v) is 5.61. The predicted molar refractivity (Wildman–Crippen MR) is 139 cm³/mol. The second-order valence-electron chi connectivity index (χ2n) is 9.25. The first-order valence-corrected chi connectivity index (χ1v) is 12.6. The Balaban J connectivity index is 2.01. The molecule has 0 aliphatic heterocycles. The van der Waals surface area contributed by atoms with Crippen molar-refractivity contribution in [3.63, 3.8) is 0 Å². The first kappa shape index (κ1) is 30.7. The molecule has 2 N–H and O–H groups in total. The Morgan fingerprint density at radius 3 is 2.39 bits per heavy atom. The first-order valence-electron chi connectivity index (χ1n) is 12.6. The Morgan fingerprint density at radius 2 is 1.80 bits per heavy atom.